The molecule has 2 N–H and O–H groups in total. The van der Waals surface area contributed by atoms with Gasteiger partial charge in [-0.1, -0.05) is 6.07 Å². The van der Waals surface area contributed by atoms with Crippen molar-refractivity contribution in [2.24, 2.45) is 0 Å². The fourth-order valence-corrected chi connectivity index (χ4v) is 2.01. The topological polar surface area (TPSA) is 71.1 Å². The van der Waals surface area contributed by atoms with Gasteiger partial charge in [0, 0.05) is 30.4 Å². The minimum absolute atomic E-state index is 0.0503. The molecule has 0 saturated carbocycles. The lowest BCUT2D eigenvalue weighted by atomic mass is 10.1. The van der Waals surface area contributed by atoms with Crippen LogP contribution in [0, 0.1) is 0 Å². The number of nitrogens with zero attached hydrogens (tertiary/aromatic N) is 1. The van der Waals surface area contributed by atoms with E-state index in [-0.39, 0.29) is 12.1 Å². The lowest BCUT2D eigenvalue weighted by molar-refractivity contribution is -0.137. The Hall–Kier alpha value is -2.90. The van der Waals surface area contributed by atoms with Gasteiger partial charge in [-0.3, -0.25) is 14.6 Å². The van der Waals surface area contributed by atoms with Crippen molar-refractivity contribution < 1.29 is 22.8 Å². The zero-order valence-corrected chi connectivity index (χ0v) is 13.1. The van der Waals surface area contributed by atoms with Gasteiger partial charge < -0.3 is 10.6 Å². The standard InChI is InChI=1S/C17H16F3N3O2/c18-17(19,20)13-6-4-12(5-7-13)16(25)23-11-15(24)22-10-8-14-3-1-2-9-21-14/h1-7,9H,8,10-11H2,(H,22,24)(H,23,25). The van der Waals surface area contributed by atoms with Crippen LogP contribution in [0.5, 0.6) is 0 Å². The van der Waals surface area contributed by atoms with Crippen molar-refractivity contribution in [3.05, 3.63) is 65.5 Å². The van der Waals surface area contributed by atoms with E-state index in [9.17, 15) is 22.8 Å². The molecule has 25 heavy (non-hydrogen) atoms. The fraction of sp³-hybridized carbons (Fsp3) is 0.235. The third-order valence-electron chi connectivity index (χ3n) is 3.31. The van der Waals surface area contributed by atoms with E-state index in [2.05, 4.69) is 15.6 Å². The quantitative estimate of drug-likeness (QED) is 0.838. The first-order valence-electron chi connectivity index (χ1n) is 7.48. The SMILES string of the molecule is O=C(CNC(=O)c1ccc(C(F)(F)F)cc1)NCCc1ccccn1. The molecule has 1 heterocycles. The largest absolute Gasteiger partial charge is 0.416 e. The highest BCUT2D eigenvalue weighted by Crippen LogP contribution is 2.28. The van der Waals surface area contributed by atoms with E-state index in [0.717, 1.165) is 30.0 Å². The highest BCUT2D eigenvalue weighted by molar-refractivity contribution is 5.96. The molecule has 0 fully saturated rings. The monoisotopic (exact) mass is 351 g/mol. The zero-order chi connectivity index (χ0) is 18.3. The first kappa shape index (κ1) is 18.4. The molecule has 0 aliphatic rings. The van der Waals surface area contributed by atoms with E-state index >= 15 is 0 Å². The van der Waals surface area contributed by atoms with Crippen LogP contribution in [0.2, 0.25) is 0 Å². The minimum atomic E-state index is -4.46. The maximum Gasteiger partial charge on any atom is 0.416 e. The second kappa shape index (κ2) is 8.27. The first-order chi connectivity index (χ1) is 11.9. The summed E-state index contributed by atoms with van der Waals surface area (Å²) in [4.78, 5) is 27.6. The summed E-state index contributed by atoms with van der Waals surface area (Å²) in [5, 5.41) is 4.98. The predicted molar refractivity (Wildman–Crippen MR) is 84.7 cm³/mol. The number of pyridine rings is 1. The van der Waals surface area contributed by atoms with Gasteiger partial charge in [0.05, 0.1) is 12.1 Å². The molecular formula is C17H16F3N3O2. The lowest BCUT2D eigenvalue weighted by Gasteiger charge is -2.09. The first-order valence-corrected chi connectivity index (χ1v) is 7.48. The van der Waals surface area contributed by atoms with Crippen LogP contribution in [0.15, 0.2) is 48.7 Å². The number of hydrogen-bond acceptors (Lipinski definition) is 3. The number of halogens is 3. The molecule has 2 amide bonds. The Kier molecular flexibility index (Phi) is 6.10. The maximum absolute atomic E-state index is 12.5. The van der Waals surface area contributed by atoms with Crippen LogP contribution in [0.3, 0.4) is 0 Å². The lowest BCUT2D eigenvalue weighted by Crippen LogP contribution is -2.37. The molecule has 0 unspecified atom stereocenters. The molecule has 2 rings (SSSR count). The van der Waals surface area contributed by atoms with Gasteiger partial charge in [0.1, 0.15) is 0 Å². The second-order valence-corrected chi connectivity index (χ2v) is 5.18. The van der Waals surface area contributed by atoms with E-state index in [1.807, 2.05) is 12.1 Å². The number of amides is 2. The van der Waals surface area contributed by atoms with Gasteiger partial charge in [-0.05, 0) is 36.4 Å². The summed E-state index contributed by atoms with van der Waals surface area (Å²) in [5.74, 6) is -1.01. The molecule has 8 heteroatoms. The molecule has 1 aromatic carbocycles. The van der Waals surface area contributed by atoms with E-state index in [0.29, 0.717) is 13.0 Å². The zero-order valence-electron chi connectivity index (χ0n) is 13.1. The summed E-state index contributed by atoms with van der Waals surface area (Å²) in [6, 6.07) is 9.24. The number of carbonyl (C=O) groups is 2. The van der Waals surface area contributed by atoms with E-state index in [1.165, 1.54) is 0 Å². The van der Waals surface area contributed by atoms with Crippen LogP contribution < -0.4 is 10.6 Å². The van der Waals surface area contributed by atoms with Gasteiger partial charge in [0.2, 0.25) is 5.91 Å². The third kappa shape index (κ3) is 5.91. The van der Waals surface area contributed by atoms with Crippen molar-refractivity contribution in [1.82, 2.24) is 15.6 Å². The molecule has 0 atom stereocenters. The Bertz CT molecular complexity index is 716. The Balaban J connectivity index is 1.74. The minimum Gasteiger partial charge on any atom is -0.354 e. The number of nitrogens with one attached hydrogen (secondary N) is 2. The smallest absolute Gasteiger partial charge is 0.354 e. The van der Waals surface area contributed by atoms with E-state index in [1.54, 1.807) is 12.3 Å². The summed E-state index contributed by atoms with van der Waals surface area (Å²) < 4.78 is 37.4. The number of alkyl halides is 3. The molecule has 5 nitrogen and oxygen atoms in total. The fourth-order valence-electron chi connectivity index (χ4n) is 2.01. The Labute approximate surface area is 142 Å². The molecule has 1 aromatic heterocycles. The Morgan fingerprint density at radius 1 is 1.00 bits per heavy atom. The van der Waals surface area contributed by atoms with Crippen molar-refractivity contribution in [3.63, 3.8) is 0 Å². The van der Waals surface area contributed by atoms with Gasteiger partial charge in [-0.25, -0.2) is 0 Å². The van der Waals surface area contributed by atoms with Crippen molar-refractivity contribution in [2.75, 3.05) is 13.1 Å². The summed E-state index contributed by atoms with van der Waals surface area (Å²) in [6.07, 6.45) is -2.25. The van der Waals surface area contributed by atoms with Gasteiger partial charge in [-0.15, -0.1) is 0 Å². The third-order valence-corrected chi connectivity index (χ3v) is 3.31. The second-order valence-electron chi connectivity index (χ2n) is 5.18. The normalized spacial score (nSPS) is 11.0. The van der Waals surface area contributed by atoms with Crippen molar-refractivity contribution in [2.45, 2.75) is 12.6 Å². The number of hydrogen-bond donors (Lipinski definition) is 2. The Morgan fingerprint density at radius 3 is 2.32 bits per heavy atom. The van der Waals surface area contributed by atoms with Crippen LogP contribution in [-0.2, 0) is 17.4 Å². The summed E-state index contributed by atoms with van der Waals surface area (Å²) >= 11 is 0. The molecule has 0 bridgehead atoms. The van der Waals surface area contributed by atoms with Gasteiger partial charge in [-0.2, -0.15) is 13.2 Å². The molecule has 132 valence electrons. The van der Waals surface area contributed by atoms with Crippen LogP contribution in [0.25, 0.3) is 0 Å². The van der Waals surface area contributed by atoms with Crippen LogP contribution in [0.1, 0.15) is 21.6 Å². The van der Waals surface area contributed by atoms with Gasteiger partial charge in [0.25, 0.3) is 5.91 Å². The van der Waals surface area contributed by atoms with E-state index in [4.69, 9.17) is 0 Å². The number of aromatic nitrogens is 1. The number of rotatable bonds is 6. The van der Waals surface area contributed by atoms with Crippen molar-refractivity contribution in [1.29, 1.82) is 0 Å². The average Bonchev–Trinajstić information content (AvgIpc) is 2.60. The van der Waals surface area contributed by atoms with E-state index < -0.39 is 23.6 Å². The molecule has 0 aliphatic carbocycles. The number of carbonyl (C=O) groups excluding carboxylic acids is 2. The molecule has 0 spiro atoms. The molecule has 0 radical (unpaired) electrons. The number of benzene rings is 1. The molecule has 0 aliphatic heterocycles. The van der Waals surface area contributed by atoms with Crippen LogP contribution >= 0.6 is 0 Å². The van der Waals surface area contributed by atoms with Gasteiger partial charge in [0.15, 0.2) is 0 Å². The van der Waals surface area contributed by atoms with Crippen molar-refractivity contribution >= 4 is 11.8 Å². The molecule has 0 saturated heterocycles. The highest BCUT2D eigenvalue weighted by atomic mass is 19.4. The van der Waals surface area contributed by atoms with Gasteiger partial charge >= 0.3 is 6.18 Å². The summed E-state index contributed by atoms with van der Waals surface area (Å²) in [7, 11) is 0. The van der Waals surface area contributed by atoms with Crippen LogP contribution in [-0.4, -0.2) is 29.9 Å². The highest BCUT2D eigenvalue weighted by Gasteiger charge is 2.30. The molecular weight excluding hydrogens is 335 g/mol. The summed E-state index contributed by atoms with van der Waals surface area (Å²) in [5.41, 5.74) is 0.0437. The van der Waals surface area contributed by atoms with Crippen LogP contribution in [0.4, 0.5) is 13.2 Å². The Morgan fingerprint density at radius 2 is 1.72 bits per heavy atom. The molecule has 2 aromatic rings. The maximum atomic E-state index is 12.5. The van der Waals surface area contributed by atoms with Crippen molar-refractivity contribution in [3.8, 4) is 0 Å². The summed E-state index contributed by atoms with van der Waals surface area (Å²) in [6.45, 7) is 0.105. The average molecular weight is 351 g/mol. The predicted octanol–water partition coefficient (Wildman–Crippen LogP) is 2.19.